The quantitative estimate of drug-likeness (QED) is 0.201. The Balaban J connectivity index is 1.12. The number of rotatable bonds is 3. The van der Waals surface area contributed by atoms with E-state index in [1.165, 1.54) is 64.9 Å². The van der Waals surface area contributed by atoms with Crippen LogP contribution in [0.4, 0.5) is 0 Å². The van der Waals surface area contributed by atoms with Crippen molar-refractivity contribution in [2.45, 2.75) is 12.8 Å². The standard InChI is InChI=1S/C40H26N4/c1-3-11-29-25(9-1)17-21-33-37(29)31-13-5-7-15-35(31)43-23-27(41-39(33)43)19-20-28-24-44-36-16-8-6-14-32(36)38-30-12-4-2-10-26(30)18-22-34(38)40(44)42-28/h1-18,21-24H,19-20H2. The van der Waals surface area contributed by atoms with E-state index < -0.39 is 0 Å². The number of aromatic nitrogens is 4. The molecule has 0 N–H and O–H groups in total. The lowest BCUT2D eigenvalue weighted by Crippen LogP contribution is -1.91. The van der Waals surface area contributed by atoms with Gasteiger partial charge in [0.2, 0.25) is 0 Å². The van der Waals surface area contributed by atoms with E-state index >= 15 is 0 Å². The fourth-order valence-corrected chi connectivity index (χ4v) is 7.39. The molecule has 0 aliphatic carbocycles. The number of aryl methyl sites for hydroxylation is 2. The minimum atomic E-state index is 0.813. The molecule has 206 valence electrons. The van der Waals surface area contributed by atoms with Crippen molar-refractivity contribution in [3.05, 3.63) is 145 Å². The molecule has 0 unspecified atom stereocenters. The van der Waals surface area contributed by atoms with Crippen LogP contribution in [0.25, 0.3) is 76.2 Å². The Hall–Kier alpha value is -5.74. The summed E-state index contributed by atoms with van der Waals surface area (Å²) in [6, 6.07) is 43.6. The fourth-order valence-electron chi connectivity index (χ4n) is 7.39. The average Bonchev–Trinajstić information content (AvgIpc) is 3.72. The number of hydrogen-bond donors (Lipinski definition) is 0. The van der Waals surface area contributed by atoms with Crippen LogP contribution in [0.15, 0.2) is 134 Å². The van der Waals surface area contributed by atoms with Crippen molar-refractivity contribution < 1.29 is 0 Å². The second kappa shape index (κ2) is 8.88. The zero-order valence-corrected chi connectivity index (χ0v) is 23.9. The van der Waals surface area contributed by atoms with Gasteiger partial charge in [-0.2, -0.15) is 0 Å². The molecule has 0 fully saturated rings. The normalized spacial score (nSPS) is 12.3. The number of benzene rings is 6. The summed E-state index contributed by atoms with van der Waals surface area (Å²) in [7, 11) is 0. The topological polar surface area (TPSA) is 34.6 Å². The summed E-state index contributed by atoms with van der Waals surface area (Å²) >= 11 is 0. The molecule has 4 heteroatoms. The van der Waals surface area contributed by atoms with Gasteiger partial charge in [-0.25, -0.2) is 9.97 Å². The van der Waals surface area contributed by atoms with Gasteiger partial charge in [0.1, 0.15) is 11.3 Å². The molecule has 10 aromatic rings. The summed E-state index contributed by atoms with van der Waals surface area (Å²) in [5, 5.41) is 12.5. The van der Waals surface area contributed by atoms with E-state index in [0.717, 1.165) is 35.5 Å². The van der Waals surface area contributed by atoms with Gasteiger partial charge in [0.25, 0.3) is 0 Å². The molecule has 6 aromatic carbocycles. The van der Waals surface area contributed by atoms with E-state index in [2.05, 4.69) is 143 Å². The molecule has 0 aliphatic rings. The molecule has 0 bridgehead atoms. The van der Waals surface area contributed by atoms with Crippen LogP contribution >= 0.6 is 0 Å². The van der Waals surface area contributed by atoms with Crippen LogP contribution in [0.3, 0.4) is 0 Å². The van der Waals surface area contributed by atoms with Crippen molar-refractivity contribution in [3.63, 3.8) is 0 Å². The van der Waals surface area contributed by atoms with Crippen LogP contribution < -0.4 is 0 Å². The first-order chi connectivity index (χ1) is 21.8. The van der Waals surface area contributed by atoms with Gasteiger partial charge in [-0.15, -0.1) is 0 Å². The fraction of sp³-hybridized carbons (Fsp3) is 0.0500. The molecule has 0 amide bonds. The highest BCUT2D eigenvalue weighted by Crippen LogP contribution is 2.36. The molecule has 4 heterocycles. The Kier molecular flexibility index (Phi) is 4.80. The lowest BCUT2D eigenvalue weighted by molar-refractivity contribution is 0.901. The van der Waals surface area contributed by atoms with Gasteiger partial charge >= 0.3 is 0 Å². The minimum Gasteiger partial charge on any atom is -0.299 e. The summed E-state index contributed by atoms with van der Waals surface area (Å²) in [6.45, 7) is 0. The van der Waals surface area contributed by atoms with Crippen LogP contribution in [0.2, 0.25) is 0 Å². The highest BCUT2D eigenvalue weighted by molar-refractivity contribution is 6.24. The molecule has 0 radical (unpaired) electrons. The van der Waals surface area contributed by atoms with Crippen molar-refractivity contribution in [2.24, 2.45) is 0 Å². The first-order valence-electron chi connectivity index (χ1n) is 15.2. The van der Waals surface area contributed by atoms with Gasteiger partial charge in [-0.05, 0) is 58.7 Å². The van der Waals surface area contributed by atoms with Gasteiger partial charge in [-0.3, -0.25) is 8.80 Å². The molecular formula is C40H26N4. The Bertz CT molecular complexity index is 2590. The minimum absolute atomic E-state index is 0.813. The molecule has 10 rings (SSSR count). The van der Waals surface area contributed by atoms with Crippen molar-refractivity contribution >= 4 is 76.2 Å². The summed E-state index contributed by atoms with van der Waals surface area (Å²) in [6.07, 6.45) is 6.07. The monoisotopic (exact) mass is 562 g/mol. The summed E-state index contributed by atoms with van der Waals surface area (Å²) in [5.41, 5.74) is 6.55. The number of pyridine rings is 2. The lowest BCUT2D eigenvalue weighted by Gasteiger charge is -2.10. The van der Waals surface area contributed by atoms with E-state index in [0.29, 0.717) is 0 Å². The Morgan fingerprint density at radius 3 is 1.27 bits per heavy atom. The SMILES string of the molecule is c1ccc2c(c1)ccc1c2c2ccccc2n2cc(CCc3cn4c5ccccc5c5c6ccccc6ccc5c4n3)nc12. The maximum atomic E-state index is 5.23. The molecule has 4 aromatic heterocycles. The summed E-state index contributed by atoms with van der Waals surface area (Å²) in [5.74, 6) is 0. The largest absolute Gasteiger partial charge is 0.299 e. The van der Waals surface area contributed by atoms with E-state index in [-0.39, 0.29) is 0 Å². The lowest BCUT2D eigenvalue weighted by atomic mass is 9.99. The van der Waals surface area contributed by atoms with Crippen molar-refractivity contribution in [3.8, 4) is 0 Å². The average molecular weight is 563 g/mol. The third kappa shape index (κ3) is 3.28. The van der Waals surface area contributed by atoms with Crippen molar-refractivity contribution in [1.29, 1.82) is 0 Å². The number of nitrogens with zero attached hydrogens (tertiary/aromatic N) is 4. The number of hydrogen-bond acceptors (Lipinski definition) is 2. The predicted octanol–water partition coefficient (Wildman–Crippen LogP) is 9.69. The van der Waals surface area contributed by atoms with E-state index in [9.17, 15) is 0 Å². The molecule has 0 atom stereocenters. The first kappa shape index (κ1) is 23.8. The van der Waals surface area contributed by atoms with Gasteiger partial charge in [0.15, 0.2) is 0 Å². The predicted molar refractivity (Wildman–Crippen MR) is 183 cm³/mol. The summed E-state index contributed by atoms with van der Waals surface area (Å²) < 4.78 is 4.55. The van der Waals surface area contributed by atoms with Crippen molar-refractivity contribution in [2.75, 3.05) is 0 Å². The van der Waals surface area contributed by atoms with E-state index in [1.54, 1.807) is 0 Å². The third-order valence-electron chi connectivity index (χ3n) is 9.35. The Morgan fingerprint density at radius 2 is 0.795 bits per heavy atom. The van der Waals surface area contributed by atoms with E-state index in [1.807, 2.05) is 0 Å². The second-order valence-corrected chi connectivity index (χ2v) is 11.8. The second-order valence-electron chi connectivity index (χ2n) is 11.8. The Morgan fingerprint density at radius 1 is 0.386 bits per heavy atom. The maximum absolute atomic E-state index is 5.23. The van der Waals surface area contributed by atoms with Gasteiger partial charge in [-0.1, -0.05) is 97.1 Å². The number of imidazole rings is 2. The molecule has 44 heavy (non-hydrogen) atoms. The third-order valence-corrected chi connectivity index (χ3v) is 9.35. The van der Waals surface area contributed by atoms with Gasteiger partial charge < -0.3 is 0 Å². The van der Waals surface area contributed by atoms with Crippen molar-refractivity contribution in [1.82, 2.24) is 18.8 Å². The van der Waals surface area contributed by atoms with Crippen LogP contribution in [0.5, 0.6) is 0 Å². The van der Waals surface area contributed by atoms with Crippen LogP contribution in [-0.2, 0) is 12.8 Å². The molecule has 4 nitrogen and oxygen atoms in total. The summed E-state index contributed by atoms with van der Waals surface area (Å²) in [4.78, 5) is 10.5. The number of fused-ring (bicyclic) bond motifs is 16. The Labute approximate surface area is 252 Å². The first-order valence-corrected chi connectivity index (χ1v) is 15.2. The van der Waals surface area contributed by atoms with Gasteiger partial charge in [0.05, 0.1) is 22.4 Å². The zero-order chi connectivity index (χ0) is 28.8. The molecular weight excluding hydrogens is 536 g/mol. The number of para-hydroxylation sites is 2. The van der Waals surface area contributed by atoms with Crippen LogP contribution in [0, 0.1) is 0 Å². The van der Waals surface area contributed by atoms with Crippen LogP contribution in [-0.4, -0.2) is 18.8 Å². The molecule has 0 aliphatic heterocycles. The smallest absolute Gasteiger partial charge is 0.145 e. The highest BCUT2D eigenvalue weighted by atomic mass is 15.0. The molecule has 0 saturated carbocycles. The van der Waals surface area contributed by atoms with E-state index in [4.69, 9.17) is 9.97 Å². The maximum Gasteiger partial charge on any atom is 0.145 e. The van der Waals surface area contributed by atoms with Gasteiger partial charge in [0, 0.05) is 44.7 Å². The van der Waals surface area contributed by atoms with Crippen LogP contribution in [0.1, 0.15) is 11.4 Å². The zero-order valence-electron chi connectivity index (χ0n) is 23.9. The molecule has 0 spiro atoms. The molecule has 0 saturated heterocycles. The highest BCUT2D eigenvalue weighted by Gasteiger charge is 2.16.